The summed E-state index contributed by atoms with van der Waals surface area (Å²) in [6, 6.07) is 32.7. The first-order valence-corrected chi connectivity index (χ1v) is 20.0. The summed E-state index contributed by atoms with van der Waals surface area (Å²) in [6.45, 7) is 9.51. The maximum atomic E-state index is 13.1. The largest absolute Gasteiger partial charge is 0.508 e. The van der Waals surface area contributed by atoms with Gasteiger partial charge in [0.25, 0.3) is 12.4 Å². The van der Waals surface area contributed by atoms with Gasteiger partial charge in [0.1, 0.15) is 11.8 Å². The summed E-state index contributed by atoms with van der Waals surface area (Å²) >= 11 is 0. The van der Waals surface area contributed by atoms with E-state index in [1.165, 1.54) is 40.8 Å². The molecule has 8 rings (SSSR count). The van der Waals surface area contributed by atoms with Crippen LogP contribution in [0.1, 0.15) is 71.6 Å². The summed E-state index contributed by atoms with van der Waals surface area (Å²) in [5.41, 5.74) is 10.0. The number of fused-ring (bicyclic) bond motifs is 1. The van der Waals surface area contributed by atoms with Crippen LogP contribution in [-0.2, 0) is 20.9 Å². The summed E-state index contributed by atoms with van der Waals surface area (Å²) in [5, 5.41) is 19.3. The van der Waals surface area contributed by atoms with E-state index in [0.717, 1.165) is 69.0 Å². The molecule has 3 amide bonds. The Morgan fingerprint density at radius 3 is 2.00 bits per heavy atom. The normalized spacial score (nSPS) is 19.4. The third kappa shape index (κ3) is 8.89. The average molecular weight is 770 g/mol. The van der Waals surface area contributed by atoms with Crippen LogP contribution in [0.4, 0.5) is 11.4 Å². The summed E-state index contributed by atoms with van der Waals surface area (Å²) in [5.74, 6) is 0.185. The van der Waals surface area contributed by atoms with Gasteiger partial charge in [-0.15, -0.1) is 0 Å². The molecule has 1 atom stereocenters. The lowest BCUT2D eigenvalue weighted by Gasteiger charge is -2.40. The second-order valence-electron chi connectivity index (χ2n) is 15.2. The monoisotopic (exact) mass is 769 g/mol. The zero-order valence-corrected chi connectivity index (χ0v) is 32.5. The van der Waals surface area contributed by atoms with Gasteiger partial charge < -0.3 is 24.9 Å². The Morgan fingerprint density at radius 1 is 0.754 bits per heavy atom. The van der Waals surface area contributed by atoms with E-state index >= 15 is 0 Å². The number of rotatable bonds is 9. The fraction of sp³-hybridized carbons (Fsp3) is 0.348. The first-order valence-electron chi connectivity index (χ1n) is 20.0. The van der Waals surface area contributed by atoms with Crippen LogP contribution >= 0.6 is 0 Å². The maximum absolute atomic E-state index is 13.1. The number of amides is 3. The molecule has 4 heterocycles. The predicted molar refractivity (Wildman–Crippen MR) is 222 cm³/mol. The third-order valence-corrected chi connectivity index (χ3v) is 11.8. The molecule has 0 aliphatic carbocycles. The van der Waals surface area contributed by atoms with E-state index in [2.05, 4.69) is 87.6 Å². The Kier molecular flexibility index (Phi) is 12.3. The van der Waals surface area contributed by atoms with Crippen LogP contribution < -0.4 is 15.1 Å². The molecule has 4 aliphatic heterocycles. The van der Waals surface area contributed by atoms with Crippen LogP contribution in [0.3, 0.4) is 0 Å². The number of anilines is 2. The highest BCUT2D eigenvalue weighted by atomic mass is 16.3. The van der Waals surface area contributed by atoms with Gasteiger partial charge in [0.05, 0.1) is 0 Å². The molecule has 4 aromatic rings. The van der Waals surface area contributed by atoms with Gasteiger partial charge in [0.15, 0.2) is 0 Å². The number of phenols is 1. The number of benzene rings is 4. The number of imide groups is 1. The van der Waals surface area contributed by atoms with Crippen LogP contribution in [0.25, 0.3) is 11.1 Å². The van der Waals surface area contributed by atoms with Crippen molar-refractivity contribution in [2.24, 2.45) is 5.92 Å². The van der Waals surface area contributed by atoms with Crippen molar-refractivity contribution >= 4 is 46.7 Å². The fourth-order valence-corrected chi connectivity index (χ4v) is 8.83. The molecule has 57 heavy (non-hydrogen) atoms. The zero-order chi connectivity index (χ0) is 39.9. The number of allylic oxidation sites excluding steroid dienone is 1. The number of nitrogens with one attached hydrogen (secondary N) is 1. The molecular weight excluding hydrogens is 719 g/mol. The highest BCUT2D eigenvalue weighted by Crippen LogP contribution is 2.37. The van der Waals surface area contributed by atoms with Gasteiger partial charge in [-0.05, 0) is 107 Å². The van der Waals surface area contributed by atoms with Crippen molar-refractivity contribution in [2.45, 2.75) is 51.6 Å². The number of aromatic hydroxyl groups is 1. The number of carboxylic acid groups (broad SMARTS) is 1. The van der Waals surface area contributed by atoms with Crippen molar-refractivity contribution in [3.05, 3.63) is 125 Å². The van der Waals surface area contributed by atoms with Crippen LogP contribution in [0.5, 0.6) is 5.75 Å². The lowest BCUT2D eigenvalue weighted by atomic mass is 9.88. The predicted octanol–water partition coefficient (Wildman–Crippen LogP) is 6.26. The van der Waals surface area contributed by atoms with E-state index in [0.29, 0.717) is 24.4 Å². The van der Waals surface area contributed by atoms with Crippen molar-refractivity contribution < 1.29 is 29.4 Å². The Balaban J connectivity index is 0.00000160. The Morgan fingerprint density at radius 2 is 1.37 bits per heavy atom. The molecule has 3 N–H and O–H groups in total. The molecule has 0 aromatic heterocycles. The van der Waals surface area contributed by atoms with E-state index in [-0.39, 0.29) is 36.4 Å². The smallest absolute Gasteiger partial charge is 0.290 e. The SMILES string of the molecule is CCC(=C(c1ccc(O)cc1)c1ccc(N2CCC(CN3CCN(c4ccc5c(c4)CN([C@H]4CCC(=O)NC4=O)C5=O)CC3)CC2)cc1)c1ccccc1.O=CO. The van der Waals surface area contributed by atoms with Crippen molar-refractivity contribution in [1.82, 2.24) is 15.1 Å². The van der Waals surface area contributed by atoms with Gasteiger partial charge in [-0.2, -0.15) is 0 Å². The van der Waals surface area contributed by atoms with Gasteiger partial charge in [0.2, 0.25) is 11.8 Å². The van der Waals surface area contributed by atoms with E-state index in [4.69, 9.17) is 9.90 Å². The minimum absolute atomic E-state index is 0.125. The Hall–Kier alpha value is -5.94. The summed E-state index contributed by atoms with van der Waals surface area (Å²) in [7, 11) is 0. The van der Waals surface area contributed by atoms with Crippen molar-refractivity contribution in [3.63, 3.8) is 0 Å². The molecule has 11 heteroatoms. The number of carbonyl (C=O) groups is 4. The Labute approximate surface area is 334 Å². The lowest BCUT2D eigenvalue weighted by molar-refractivity contribution is -0.137. The van der Waals surface area contributed by atoms with E-state index in [1.807, 2.05) is 24.3 Å². The average Bonchev–Trinajstić information content (AvgIpc) is 3.56. The lowest BCUT2D eigenvalue weighted by Crippen LogP contribution is -2.52. The molecule has 3 saturated heterocycles. The number of nitrogens with zero attached hydrogens (tertiary/aromatic N) is 4. The van der Waals surface area contributed by atoms with E-state index in [9.17, 15) is 19.5 Å². The third-order valence-electron chi connectivity index (χ3n) is 11.8. The zero-order valence-electron chi connectivity index (χ0n) is 32.5. The Bertz CT molecular complexity index is 2090. The van der Waals surface area contributed by atoms with E-state index < -0.39 is 6.04 Å². The first-order chi connectivity index (χ1) is 27.8. The standard InChI is InChI=1S/C45H49N5O4.CH2O2/c1-2-39(32-6-4-3-5-7-32)43(34-10-15-38(51)16-11-34)33-8-12-36(13-9-33)48-22-20-31(21-23-48)29-47-24-26-49(27-25-47)37-14-17-40-35(28-37)30-50(45(40)54)41-18-19-42(52)46-44(41)53;2-1-3/h3-17,28,31,41,51H,2,18-27,29-30H2,1H3,(H,46,52,53);1H,(H,2,3)/t41-;/m0./s1. The number of hydrogen-bond acceptors (Lipinski definition) is 8. The maximum Gasteiger partial charge on any atom is 0.290 e. The highest BCUT2D eigenvalue weighted by molar-refractivity contribution is 6.05. The van der Waals surface area contributed by atoms with Gasteiger partial charge in [-0.1, -0.05) is 61.5 Å². The molecule has 0 radical (unpaired) electrons. The summed E-state index contributed by atoms with van der Waals surface area (Å²) < 4.78 is 0. The van der Waals surface area contributed by atoms with Crippen LogP contribution in [0.15, 0.2) is 97.1 Å². The number of piperazine rings is 1. The molecule has 296 valence electrons. The number of phenolic OH excluding ortho intramolecular Hbond substituents is 1. The molecule has 0 saturated carbocycles. The van der Waals surface area contributed by atoms with Crippen LogP contribution in [0, 0.1) is 5.92 Å². The molecular formula is C46H51N5O6. The highest BCUT2D eigenvalue weighted by Gasteiger charge is 2.39. The molecule has 11 nitrogen and oxygen atoms in total. The second kappa shape index (κ2) is 17.9. The van der Waals surface area contributed by atoms with E-state index in [1.54, 1.807) is 17.0 Å². The summed E-state index contributed by atoms with van der Waals surface area (Å²) in [4.78, 5) is 54.8. The van der Waals surface area contributed by atoms with Crippen LogP contribution in [0.2, 0.25) is 0 Å². The number of carbonyl (C=O) groups excluding carboxylic acids is 3. The van der Waals surface area contributed by atoms with Crippen molar-refractivity contribution in [3.8, 4) is 5.75 Å². The number of piperidine rings is 2. The van der Waals surface area contributed by atoms with Crippen molar-refractivity contribution in [2.75, 3.05) is 55.6 Å². The van der Waals surface area contributed by atoms with Gasteiger partial charge >= 0.3 is 0 Å². The number of hydrogen-bond donors (Lipinski definition) is 3. The minimum Gasteiger partial charge on any atom is -0.508 e. The molecule has 4 aliphatic rings. The second-order valence-corrected chi connectivity index (χ2v) is 15.2. The van der Waals surface area contributed by atoms with Gasteiger partial charge in [-0.3, -0.25) is 29.4 Å². The van der Waals surface area contributed by atoms with Gasteiger partial charge in [-0.25, -0.2) is 0 Å². The fourth-order valence-electron chi connectivity index (χ4n) is 8.83. The molecule has 0 unspecified atom stereocenters. The van der Waals surface area contributed by atoms with Gasteiger partial charge in [0, 0.05) is 75.7 Å². The minimum atomic E-state index is -0.589. The van der Waals surface area contributed by atoms with Crippen molar-refractivity contribution in [1.29, 1.82) is 0 Å². The molecule has 4 aromatic carbocycles. The quantitative estimate of drug-likeness (QED) is 0.103. The molecule has 3 fully saturated rings. The molecule has 0 spiro atoms. The summed E-state index contributed by atoms with van der Waals surface area (Å²) in [6.07, 6.45) is 3.89. The molecule has 0 bridgehead atoms. The topological polar surface area (TPSA) is 134 Å². The van der Waals surface area contributed by atoms with Crippen LogP contribution in [-0.4, -0.2) is 96.1 Å². The first kappa shape index (κ1) is 39.3.